The Kier molecular flexibility index (Phi) is 5.98. The Morgan fingerprint density at radius 2 is 1.37 bits per heavy atom. The van der Waals surface area contributed by atoms with Crippen molar-refractivity contribution in [3.63, 3.8) is 0 Å². The van der Waals surface area contributed by atoms with Crippen LogP contribution in [0.2, 0.25) is 0 Å². The Bertz CT molecular complexity index is 1390. The lowest BCUT2D eigenvalue weighted by Gasteiger charge is -2.42. The molecule has 1 N–H and O–H groups in total. The Morgan fingerprint density at radius 1 is 0.743 bits per heavy atom. The highest BCUT2D eigenvalue weighted by Gasteiger charge is 2.36. The number of hydrogen-bond donors (Lipinski definition) is 1. The van der Waals surface area contributed by atoms with E-state index in [-0.39, 0.29) is 16.7 Å². The summed E-state index contributed by atoms with van der Waals surface area (Å²) in [5.74, 6) is -0.244. The van der Waals surface area contributed by atoms with Crippen molar-refractivity contribution in [3.05, 3.63) is 107 Å². The van der Waals surface area contributed by atoms with Crippen LogP contribution in [0, 0.1) is 0 Å². The highest BCUT2D eigenvalue weighted by molar-refractivity contribution is 5.98. The standard InChI is InChI=1S/C32H33NO2/c1-31(2)16-17-32(3,4)29-20-26(14-15-28(29)31)24-10-11-25-19-27(13-12-23(25)18-24)30(34)33-35-21-22-8-6-5-7-9-22/h5-15,18-20H,16-17,21H2,1-4H3,(H,33,34). The van der Waals surface area contributed by atoms with Crippen LogP contribution in [0.15, 0.2) is 84.9 Å². The van der Waals surface area contributed by atoms with E-state index in [1.54, 1.807) is 0 Å². The van der Waals surface area contributed by atoms with E-state index in [1.165, 1.54) is 35.1 Å². The maximum atomic E-state index is 12.6. The van der Waals surface area contributed by atoms with Crippen LogP contribution in [0.1, 0.15) is 67.6 Å². The molecule has 1 aliphatic rings. The third-order valence-corrected chi connectivity index (χ3v) is 7.54. The number of carbonyl (C=O) groups is 1. The van der Waals surface area contributed by atoms with Gasteiger partial charge in [0.2, 0.25) is 0 Å². The lowest BCUT2D eigenvalue weighted by Crippen LogP contribution is -2.33. The zero-order valence-electron chi connectivity index (χ0n) is 21.0. The number of fused-ring (bicyclic) bond motifs is 2. The number of benzene rings is 4. The van der Waals surface area contributed by atoms with Crippen molar-refractivity contribution in [3.8, 4) is 11.1 Å². The van der Waals surface area contributed by atoms with Crippen LogP contribution in [0.3, 0.4) is 0 Å². The average Bonchev–Trinajstić information content (AvgIpc) is 2.86. The van der Waals surface area contributed by atoms with Gasteiger partial charge in [0.15, 0.2) is 0 Å². The van der Waals surface area contributed by atoms with Gasteiger partial charge in [0.1, 0.15) is 0 Å². The Labute approximate surface area is 208 Å². The largest absolute Gasteiger partial charge is 0.274 e. The second kappa shape index (κ2) is 8.98. The van der Waals surface area contributed by atoms with Crippen molar-refractivity contribution in [2.75, 3.05) is 0 Å². The molecule has 0 atom stereocenters. The van der Waals surface area contributed by atoms with Crippen LogP contribution in [-0.4, -0.2) is 5.91 Å². The van der Waals surface area contributed by atoms with Crippen molar-refractivity contribution in [2.45, 2.75) is 58.0 Å². The summed E-state index contributed by atoms with van der Waals surface area (Å²) in [7, 11) is 0. The Morgan fingerprint density at radius 3 is 2.14 bits per heavy atom. The number of carbonyl (C=O) groups excluding carboxylic acids is 1. The van der Waals surface area contributed by atoms with Gasteiger partial charge in [0, 0.05) is 5.56 Å². The van der Waals surface area contributed by atoms with Gasteiger partial charge >= 0.3 is 0 Å². The third-order valence-electron chi connectivity index (χ3n) is 7.54. The molecule has 5 rings (SSSR count). The lowest BCUT2D eigenvalue weighted by atomic mass is 9.63. The van der Waals surface area contributed by atoms with Crippen molar-refractivity contribution in [1.82, 2.24) is 5.48 Å². The van der Waals surface area contributed by atoms with E-state index >= 15 is 0 Å². The van der Waals surface area contributed by atoms with Crippen LogP contribution in [0.5, 0.6) is 0 Å². The molecule has 0 radical (unpaired) electrons. The quantitative estimate of drug-likeness (QED) is 0.308. The molecule has 0 aromatic heterocycles. The van der Waals surface area contributed by atoms with E-state index < -0.39 is 0 Å². The second-order valence-electron chi connectivity index (χ2n) is 11.0. The fourth-order valence-corrected chi connectivity index (χ4v) is 5.15. The van der Waals surface area contributed by atoms with E-state index in [4.69, 9.17) is 4.84 Å². The van der Waals surface area contributed by atoms with Gasteiger partial charge in [-0.05, 0) is 80.5 Å². The van der Waals surface area contributed by atoms with E-state index in [2.05, 4.69) is 69.6 Å². The van der Waals surface area contributed by atoms with Gasteiger partial charge in [-0.2, -0.15) is 0 Å². The summed E-state index contributed by atoms with van der Waals surface area (Å²) >= 11 is 0. The van der Waals surface area contributed by atoms with Crippen molar-refractivity contribution < 1.29 is 9.63 Å². The third kappa shape index (κ3) is 4.74. The van der Waals surface area contributed by atoms with E-state index in [1.807, 2.05) is 48.5 Å². The fourth-order valence-electron chi connectivity index (χ4n) is 5.15. The molecule has 0 saturated heterocycles. The SMILES string of the molecule is CC1(C)CCC(C)(C)c2cc(-c3ccc4cc(C(=O)NOCc5ccccc5)ccc4c3)ccc21. The zero-order chi connectivity index (χ0) is 24.6. The molecule has 0 saturated carbocycles. The van der Waals surface area contributed by atoms with Crippen LogP contribution in [0.25, 0.3) is 21.9 Å². The molecule has 4 aromatic rings. The van der Waals surface area contributed by atoms with Crippen LogP contribution >= 0.6 is 0 Å². The molecule has 1 aliphatic carbocycles. The van der Waals surface area contributed by atoms with E-state index in [0.717, 1.165) is 16.3 Å². The van der Waals surface area contributed by atoms with Crippen LogP contribution in [0.4, 0.5) is 0 Å². The van der Waals surface area contributed by atoms with Gasteiger partial charge in [-0.1, -0.05) is 94.4 Å². The molecule has 0 heterocycles. The normalized spacial score (nSPS) is 16.0. The molecular weight excluding hydrogens is 430 g/mol. The Balaban J connectivity index is 1.36. The number of rotatable bonds is 5. The first-order chi connectivity index (χ1) is 16.7. The molecule has 0 fully saturated rings. The number of hydroxylamine groups is 1. The fraction of sp³-hybridized carbons (Fsp3) is 0.281. The summed E-state index contributed by atoms with van der Waals surface area (Å²) in [6, 6.07) is 29.0. The minimum atomic E-state index is -0.244. The molecule has 3 nitrogen and oxygen atoms in total. The van der Waals surface area contributed by atoms with Gasteiger partial charge in [0.25, 0.3) is 5.91 Å². The summed E-state index contributed by atoms with van der Waals surface area (Å²) in [4.78, 5) is 18.0. The van der Waals surface area contributed by atoms with Gasteiger partial charge in [0.05, 0.1) is 6.61 Å². The van der Waals surface area contributed by atoms with Gasteiger partial charge in [-0.25, -0.2) is 5.48 Å². The number of amides is 1. The summed E-state index contributed by atoms with van der Waals surface area (Å²) < 4.78 is 0. The molecule has 0 aliphatic heterocycles. The molecule has 0 unspecified atom stereocenters. The van der Waals surface area contributed by atoms with Gasteiger partial charge < -0.3 is 0 Å². The predicted octanol–water partition coefficient (Wildman–Crippen LogP) is 7.72. The van der Waals surface area contributed by atoms with Crippen molar-refractivity contribution >= 4 is 16.7 Å². The molecule has 4 aromatic carbocycles. The minimum absolute atomic E-state index is 0.183. The maximum Gasteiger partial charge on any atom is 0.274 e. The second-order valence-corrected chi connectivity index (χ2v) is 11.0. The smallest absolute Gasteiger partial charge is 0.269 e. The molecule has 0 bridgehead atoms. The molecular formula is C32H33NO2. The zero-order valence-corrected chi connectivity index (χ0v) is 21.0. The molecule has 0 spiro atoms. The topological polar surface area (TPSA) is 38.3 Å². The van der Waals surface area contributed by atoms with Crippen LogP contribution in [-0.2, 0) is 22.3 Å². The first kappa shape index (κ1) is 23.3. The molecule has 178 valence electrons. The molecule has 3 heteroatoms. The van der Waals surface area contributed by atoms with Crippen LogP contribution < -0.4 is 5.48 Å². The van der Waals surface area contributed by atoms with E-state index in [9.17, 15) is 4.79 Å². The average molecular weight is 464 g/mol. The summed E-state index contributed by atoms with van der Waals surface area (Å²) in [5.41, 5.74) is 9.92. The first-order valence-corrected chi connectivity index (χ1v) is 12.4. The highest BCUT2D eigenvalue weighted by atomic mass is 16.6. The summed E-state index contributed by atoms with van der Waals surface area (Å²) in [6.07, 6.45) is 2.42. The molecule has 35 heavy (non-hydrogen) atoms. The number of hydrogen-bond acceptors (Lipinski definition) is 2. The lowest BCUT2D eigenvalue weighted by molar-refractivity contribution is 0.0233. The monoisotopic (exact) mass is 463 g/mol. The predicted molar refractivity (Wildman–Crippen MR) is 143 cm³/mol. The van der Waals surface area contributed by atoms with E-state index in [0.29, 0.717) is 12.2 Å². The maximum absolute atomic E-state index is 12.6. The molecule has 1 amide bonds. The Hall–Kier alpha value is -3.43. The van der Waals surface area contributed by atoms with Gasteiger partial charge in [-0.3, -0.25) is 9.63 Å². The van der Waals surface area contributed by atoms with Crippen molar-refractivity contribution in [2.24, 2.45) is 0 Å². The summed E-state index contributed by atoms with van der Waals surface area (Å²) in [6.45, 7) is 9.77. The number of nitrogens with one attached hydrogen (secondary N) is 1. The van der Waals surface area contributed by atoms with Gasteiger partial charge in [-0.15, -0.1) is 0 Å². The first-order valence-electron chi connectivity index (χ1n) is 12.4. The highest BCUT2D eigenvalue weighted by Crippen LogP contribution is 2.46. The summed E-state index contributed by atoms with van der Waals surface area (Å²) in [5, 5.41) is 2.14. The minimum Gasteiger partial charge on any atom is -0.269 e. The van der Waals surface area contributed by atoms with Crippen molar-refractivity contribution in [1.29, 1.82) is 0 Å².